The molecule has 2 aromatic carbocycles. The number of rotatable bonds is 5. The van der Waals surface area contributed by atoms with Crippen molar-refractivity contribution in [3.63, 3.8) is 0 Å². The number of carbonyl (C=O) groups excluding carboxylic acids is 1. The number of hydrogen-bond donors (Lipinski definition) is 1. The van der Waals surface area contributed by atoms with Crippen LogP contribution in [0.4, 0.5) is 5.69 Å². The van der Waals surface area contributed by atoms with Crippen molar-refractivity contribution in [2.75, 3.05) is 31.6 Å². The molecule has 7 nitrogen and oxygen atoms in total. The second-order valence-electron chi connectivity index (χ2n) is 8.99. The summed E-state index contributed by atoms with van der Waals surface area (Å²) in [6.07, 6.45) is 4.73. The summed E-state index contributed by atoms with van der Waals surface area (Å²) in [6, 6.07) is 14.3. The molecule has 1 saturated heterocycles. The third kappa shape index (κ3) is 4.13. The number of ether oxygens (including phenoxy) is 1. The van der Waals surface area contributed by atoms with Crippen LogP contribution >= 0.6 is 0 Å². The number of carbonyl (C=O) groups is 1. The number of benzene rings is 2. The highest BCUT2D eigenvalue weighted by Gasteiger charge is 2.31. The van der Waals surface area contributed by atoms with Gasteiger partial charge in [-0.15, -0.1) is 0 Å². The molecule has 0 saturated carbocycles. The Morgan fingerprint density at radius 2 is 2.15 bits per heavy atom. The summed E-state index contributed by atoms with van der Waals surface area (Å²) in [5.74, 6) is 0.230. The molecule has 1 N–H and O–H groups in total. The maximum Gasteiger partial charge on any atom is 0.230 e. The monoisotopic (exact) mass is 453 g/mol. The van der Waals surface area contributed by atoms with E-state index < -0.39 is 0 Å². The highest BCUT2D eigenvalue weighted by atomic mass is 16.5. The van der Waals surface area contributed by atoms with E-state index in [1.54, 1.807) is 6.20 Å². The van der Waals surface area contributed by atoms with Gasteiger partial charge < -0.3 is 15.0 Å². The largest absolute Gasteiger partial charge is 0.380 e. The van der Waals surface area contributed by atoms with Gasteiger partial charge in [-0.05, 0) is 60.7 Å². The van der Waals surface area contributed by atoms with Gasteiger partial charge in [0, 0.05) is 24.5 Å². The summed E-state index contributed by atoms with van der Waals surface area (Å²) in [4.78, 5) is 14.4. The lowest BCUT2D eigenvalue weighted by Crippen LogP contribution is -2.46. The topological polar surface area (TPSA) is 91.1 Å². The molecule has 7 heteroatoms. The van der Waals surface area contributed by atoms with Crippen LogP contribution in [0, 0.1) is 24.2 Å². The standard InChI is InChI=1S/C27H27N5O2/c1-17-21(13-28)4-3-5-23(17)18(2)30-26-14-29-31-25-7-6-20(12-24(25)26)19-8-10-32(11-9-19)27(33)22-15-34-16-22/h3-8,12,14,18,22H,9-11,15-16H2,1-2H3,(H,30,31)/t18-/m1/s1. The molecular formula is C27H27N5O2. The number of fused-ring (bicyclic) bond motifs is 1. The van der Waals surface area contributed by atoms with Crippen LogP contribution < -0.4 is 5.32 Å². The quantitative estimate of drug-likeness (QED) is 0.621. The molecule has 3 aromatic rings. The molecule has 172 valence electrons. The minimum Gasteiger partial charge on any atom is -0.380 e. The van der Waals surface area contributed by atoms with Crippen molar-refractivity contribution < 1.29 is 9.53 Å². The van der Waals surface area contributed by atoms with Crippen molar-refractivity contribution in [2.24, 2.45) is 5.92 Å². The lowest BCUT2D eigenvalue weighted by Gasteiger charge is -2.33. The second kappa shape index (κ2) is 9.24. The summed E-state index contributed by atoms with van der Waals surface area (Å²) >= 11 is 0. The van der Waals surface area contributed by atoms with Crippen LogP contribution in [-0.4, -0.2) is 47.3 Å². The third-order valence-electron chi connectivity index (χ3n) is 6.85. The predicted molar refractivity (Wildman–Crippen MR) is 131 cm³/mol. The van der Waals surface area contributed by atoms with Gasteiger partial charge in [0.25, 0.3) is 0 Å². The molecule has 1 amide bonds. The third-order valence-corrected chi connectivity index (χ3v) is 6.85. The minimum absolute atomic E-state index is 0.00620. The maximum atomic E-state index is 12.5. The number of nitrogens with one attached hydrogen (secondary N) is 1. The molecule has 34 heavy (non-hydrogen) atoms. The first-order chi connectivity index (χ1) is 16.5. The molecule has 0 unspecified atom stereocenters. The van der Waals surface area contributed by atoms with E-state index in [9.17, 15) is 10.1 Å². The van der Waals surface area contributed by atoms with Gasteiger partial charge in [-0.2, -0.15) is 15.5 Å². The van der Waals surface area contributed by atoms with E-state index in [-0.39, 0.29) is 17.9 Å². The maximum absolute atomic E-state index is 12.5. The Bertz CT molecular complexity index is 1320. The van der Waals surface area contributed by atoms with Gasteiger partial charge in [0.2, 0.25) is 5.91 Å². The van der Waals surface area contributed by atoms with Crippen LogP contribution in [0.2, 0.25) is 0 Å². The number of hydrogen-bond acceptors (Lipinski definition) is 6. The van der Waals surface area contributed by atoms with E-state index in [4.69, 9.17) is 4.74 Å². The number of nitrogens with zero attached hydrogens (tertiary/aromatic N) is 4. The zero-order valence-electron chi connectivity index (χ0n) is 19.4. The highest BCUT2D eigenvalue weighted by molar-refractivity contribution is 5.93. The van der Waals surface area contributed by atoms with E-state index in [1.807, 2.05) is 36.1 Å². The molecule has 0 bridgehead atoms. The van der Waals surface area contributed by atoms with Crippen molar-refractivity contribution in [1.29, 1.82) is 5.26 Å². The molecule has 1 aromatic heterocycles. The van der Waals surface area contributed by atoms with Gasteiger partial charge >= 0.3 is 0 Å². The molecule has 3 heterocycles. The van der Waals surface area contributed by atoms with Gasteiger partial charge in [0.05, 0.1) is 48.2 Å². The van der Waals surface area contributed by atoms with E-state index in [1.165, 1.54) is 5.57 Å². The average molecular weight is 454 g/mol. The molecule has 5 rings (SSSR count). The van der Waals surface area contributed by atoms with Crippen LogP contribution in [0.5, 0.6) is 0 Å². The van der Waals surface area contributed by atoms with Crippen molar-refractivity contribution in [1.82, 2.24) is 15.1 Å². The first kappa shape index (κ1) is 22.1. The molecule has 1 fully saturated rings. The molecule has 1 atom stereocenters. The van der Waals surface area contributed by atoms with Crippen molar-refractivity contribution in [2.45, 2.75) is 26.3 Å². The molecule has 0 radical (unpaired) electrons. The summed E-state index contributed by atoms with van der Waals surface area (Å²) in [7, 11) is 0. The summed E-state index contributed by atoms with van der Waals surface area (Å²) < 4.78 is 5.17. The Labute approximate surface area is 199 Å². The number of nitriles is 1. The van der Waals surface area contributed by atoms with Crippen LogP contribution in [-0.2, 0) is 9.53 Å². The zero-order valence-corrected chi connectivity index (χ0v) is 19.4. The van der Waals surface area contributed by atoms with Gasteiger partial charge in [-0.3, -0.25) is 4.79 Å². The van der Waals surface area contributed by atoms with Crippen LogP contribution in [0.3, 0.4) is 0 Å². The predicted octanol–water partition coefficient (Wildman–Crippen LogP) is 4.25. The Balaban J connectivity index is 1.39. The molecule has 2 aliphatic rings. The number of aromatic nitrogens is 2. The van der Waals surface area contributed by atoms with Gasteiger partial charge in [0.1, 0.15) is 0 Å². The lowest BCUT2D eigenvalue weighted by molar-refractivity contribution is -0.149. The van der Waals surface area contributed by atoms with Crippen LogP contribution in [0.1, 0.15) is 41.6 Å². The fourth-order valence-electron chi connectivity index (χ4n) is 4.69. The molecule has 2 aliphatic heterocycles. The van der Waals surface area contributed by atoms with Crippen molar-refractivity contribution >= 4 is 28.1 Å². The second-order valence-corrected chi connectivity index (χ2v) is 8.99. The summed E-state index contributed by atoms with van der Waals surface area (Å²) in [5.41, 5.74) is 6.85. The lowest BCUT2D eigenvalue weighted by atomic mass is 9.96. The first-order valence-electron chi connectivity index (χ1n) is 11.6. The number of amides is 1. The number of anilines is 1. The zero-order chi connectivity index (χ0) is 23.7. The van der Waals surface area contributed by atoms with E-state index in [2.05, 4.69) is 46.7 Å². The van der Waals surface area contributed by atoms with Crippen LogP contribution in [0.15, 0.2) is 48.7 Å². The van der Waals surface area contributed by atoms with Gasteiger partial charge in [0.15, 0.2) is 0 Å². The Morgan fingerprint density at radius 3 is 2.85 bits per heavy atom. The average Bonchev–Trinajstić information content (AvgIpc) is 2.83. The first-order valence-corrected chi connectivity index (χ1v) is 11.6. The SMILES string of the molecule is Cc1c(C#N)cccc1[C@@H](C)Nc1cnnc2ccc(C3=CCN(C(=O)C4COC4)CC3)cc12. The van der Waals surface area contributed by atoms with Crippen molar-refractivity contribution in [3.05, 3.63) is 70.9 Å². The van der Waals surface area contributed by atoms with Gasteiger partial charge in [-0.1, -0.05) is 24.3 Å². The molecule has 0 spiro atoms. The summed E-state index contributed by atoms with van der Waals surface area (Å²) in [5, 5.41) is 22.4. The highest BCUT2D eigenvalue weighted by Crippen LogP contribution is 2.31. The normalized spacial score (nSPS) is 17.0. The Hall–Kier alpha value is -3.76. The van der Waals surface area contributed by atoms with Crippen LogP contribution in [0.25, 0.3) is 16.5 Å². The Morgan fingerprint density at radius 1 is 1.29 bits per heavy atom. The molecule has 0 aliphatic carbocycles. The fraction of sp³-hybridized carbons (Fsp3) is 0.333. The minimum atomic E-state index is -0.00620. The molecular weight excluding hydrogens is 426 g/mol. The Kier molecular flexibility index (Phi) is 5.99. The van der Waals surface area contributed by atoms with E-state index >= 15 is 0 Å². The fourth-order valence-corrected chi connectivity index (χ4v) is 4.69. The van der Waals surface area contributed by atoms with Crippen molar-refractivity contribution in [3.8, 4) is 6.07 Å². The van der Waals surface area contributed by atoms with E-state index in [0.717, 1.165) is 46.2 Å². The smallest absolute Gasteiger partial charge is 0.230 e. The summed E-state index contributed by atoms with van der Waals surface area (Å²) in [6.45, 7) is 6.52. The van der Waals surface area contributed by atoms with Gasteiger partial charge in [-0.25, -0.2) is 0 Å². The van der Waals surface area contributed by atoms with E-state index in [0.29, 0.717) is 25.3 Å².